The van der Waals surface area contributed by atoms with Crippen molar-refractivity contribution >= 4 is 27.3 Å². The summed E-state index contributed by atoms with van der Waals surface area (Å²) in [4.78, 5) is 11.6. The van der Waals surface area contributed by atoms with Gasteiger partial charge in [0.25, 0.3) is 0 Å². The highest BCUT2D eigenvalue weighted by Crippen LogP contribution is 2.27. The fourth-order valence-corrected chi connectivity index (χ4v) is 4.38. The topological polar surface area (TPSA) is 96.3 Å². The van der Waals surface area contributed by atoms with E-state index in [9.17, 15) is 13.2 Å². The zero-order valence-electron chi connectivity index (χ0n) is 11.3. The van der Waals surface area contributed by atoms with E-state index >= 15 is 0 Å². The van der Waals surface area contributed by atoms with Crippen molar-refractivity contribution in [3.63, 3.8) is 0 Å². The molecule has 0 aliphatic carbocycles. The van der Waals surface area contributed by atoms with Gasteiger partial charge in [-0.25, -0.2) is 17.9 Å². The van der Waals surface area contributed by atoms with Gasteiger partial charge in [0.1, 0.15) is 9.77 Å². The molecule has 0 saturated heterocycles. The SMILES string of the molecule is COC(=O)c1scc(C)c1S(=O)(=O)NCCCCC#N. The molecule has 1 rings (SSSR count). The number of nitrogens with one attached hydrogen (secondary N) is 1. The second kappa shape index (κ2) is 7.38. The van der Waals surface area contributed by atoms with E-state index in [2.05, 4.69) is 9.46 Å². The van der Waals surface area contributed by atoms with Gasteiger partial charge in [-0.1, -0.05) is 0 Å². The van der Waals surface area contributed by atoms with Gasteiger partial charge in [-0.2, -0.15) is 5.26 Å². The average Bonchev–Trinajstić information content (AvgIpc) is 2.80. The van der Waals surface area contributed by atoms with Crippen LogP contribution >= 0.6 is 11.3 Å². The fourth-order valence-electron chi connectivity index (χ4n) is 1.61. The second-order valence-electron chi connectivity index (χ2n) is 4.08. The van der Waals surface area contributed by atoms with Gasteiger partial charge in [-0.3, -0.25) is 0 Å². The number of nitrogens with zero attached hydrogens (tertiary/aromatic N) is 1. The molecule has 0 aliphatic rings. The maximum atomic E-state index is 12.2. The largest absolute Gasteiger partial charge is 0.465 e. The lowest BCUT2D eigenvalue weighted by Gasteiger charge is -2.08. The predicted octanol–water partition coefficient (Wildman–Crippen LogP) is 1.82. The van der Waals surface area contributed by atoms with Crippen LogP contribution in [0, 0.1) is 18.3 Å². The first kappa shape index (κ1) is 16.6. The first-order chi connectivity index (χ1) is 9.44. The molecule has 1 aromatic rings. The maximum Gasteiger partial charge on any atom is 0.349 e. The molecule has 1 aromatic heterocycles. The average molecular weight is 316 g/mol. The van der Waals surface area contributed by atoms with E-state index in [4.69, 9.17) is 5.26 Å². The van der Waals surface area contributed by atoms with E-state index in [1.807, 2.05) is 6.07 Å². The zero-order chi connectivity index (χ0) is 15.2. The number of nitriles is 1. The Labute approximate surface area is 122 Å². The quantitative estimate of drug-likeness (QED) is 0.611. The summed E-state index contributed by atoms with van der Waals surface area (Å²) in [5.74, 6) is -0.659. The first-order valence-corrected chi connectivity index (χ1v) is 8.33. The van der Waals surface area contributed by atoms with Gasteiger partial charge in [0.05, 0.1) is 13.2 Å². The smallest absolute Gasteiger partial charge is 0.349 e. The minimum Gasteiger partial charge on any atom is -0.465 e. The van der Waals surface area contributed by atoms with Crippen LogP contribution in [0.3, 0.4) is 0 Å². The number of carbonyl (C=O) groups excluding carboxylic acids is 1. The van der Waals surface area contributed by atoms with Crippen LogP contribution in [0.25, 0.3) is 0 Å². The van der Waals surface area contributed by atoms with E-state index in [1.54, 1.807) is 12.3 Å². The monoisotopic (exact) mass is 316 g/mol. The van der Waals surface area contributed by atoms with Crippen molar-refractivity contribution in [3.05, 3.63) is 15.8 Å². The molecular formula is C12H16N2O4S2. The van der Waals surface area contributed by atoms with Crippen LogP contribution in [0.15, 0.2) is 10.3 Å². The van der Waals surface area contributed by atoms with Crippen LogP contribution in [0.5, 0.6) is 0 Å². The predicted molar refractivity (Wildman–Crippen MR) is 75.0 cm³/mol. The molecule has 1 N–H and O–H groups in total. The first-order valence-electron chi connectivity index (χ1n) is 5.97. The molecule has 0 aromatic carbocycles. The molecular weight excluding hydrogens is 300 g/mol. The number of unbranched alkanes of at least 4 members (excludes halogenated alkanes) is 2. The number of hydrogen-bond acceptors (Lipinski definition) is 6. The highest BCUT2D eigenvalue weighted by molar-refractivity contribution is 7.89. The molecule has 110 valence electrons. The fraction of sp³-hybridized carbons (Fsp3) is 0.500. The van der Waals surface area contributed by atoms with Gasteiger partial charge in [0.2, 0.25) is 10.0 Å². The van der Waals surface area contributed by atoms with E-state index in [0.717, 1.165) is 11.3 Å². The number of esters is 1. The van der Waals surface area contributed by atoms with E-state index in [0.29, 0.717) is 24.8 Å². The number of rotatable bonds is 7. The maximum absolute atomic E-state index is 12.2. The summed E-state index contributed by atoms with van der Waals surface area (Å²) in [5.41, 5.74) is 0.514. The minimum atomic E-state index is -3.74. The summed E-state index contributed by atoms with van der Waals surface area (Å²) in [5, 5.41) is 10.0. The van der Waals surface area contributed by atoms with Gasteiger partial charge in [0, 0.05) is 13.0 Å². The van der Waals surface area contributed by atoms with Crippen LogP contribution in [-0.2, 0) is 14.8 Å². The number of thiophene rings is 1. The standard InChI is InChI=1S/C12H16N2O4S2/c1-9-8-19-10(12(15)18-2)11(9)20(16,17)14-7-5-3-4-6-13/h8,14H,3-5,7H2,1-2H3. The molecule has 0 fully saturated rings. The molecule has 0 bridgehead atoms. The third-order valence-electron chi connectivity index (χ3n) is 2.56. The Balaban J connectivity index is 2.85. The molecule has 0 spiro atoms. The molecule has 0 amide bonds. The molecule has 0 unspecified atom stereocenters. The molecule has 0 aliphatic heterocycles. The van der Waals surface area contributed by atoms with Crippen LogP contribution in [-0.4, -0.2) is 28.0 Å². The minimum absolute atomic E-state index is 0.0189. The highest BCUT2D eigenvalue weighted by Gasteiger charge is 2.26. The molecule has 20 heavy (non-hydrogen) atoms. The van der Waals surface area contributed by atoms with Gasteiger partial charge in [-0.15, -0.1) is 11.3 Å². The summed E-state index contributed by atoms with van der Waals surface area (Å²) < 4.78 is 31.5. The third-order valence-corrected chi connectivity index (χ3v) is 5.42. The van der Waals surface area contributed by atoms with Crippen LogP contribution in [0.1, 0.15) is 34.5 Å². The van der Waals surface area contributed by atoms with Crippen molar-refractivity contribution in [3.8, 4) is 6.07 Å². The summed E-state index contributed by atoms with van der Waals surface area (Å²) in [6.45, 7) is 1.87. The van der Waals surface area contributed by atoms with Crippen molar-refractivity contribution in [2.75, 3.05) is 13.7 Å². The van der Waals surface area contributed by atoms with Crippen molar-refractivity contribution in [2.45, 2.75) is 31.1 Å². The number of sulfonamides is 1. The summed E-state index contributed by atoms with van der Waals surface area (Å²) in [7, 11) is -2.53. The molecule has 6 nitrogen and oxygen atoms in total. The van der Waals surface area contributed by atoms with Crippen LogP contribution in [0.4, 0.5) is 0 Å². The summed E-state index contributed by atoms with van der Waals surface area (Å²) >= 11 is 1.05. The van der Waals surface area contributed by atoms with Gasteiger partial charge in [0.15, 0.2) is 0 Å². The van der Waals surface area contributed by atoms with Crippen molar-refractivity contribution in [2.24, 2.45) is 0 Å². The molecule has 1 heterocycles. The van der Waals surface area contributed by atoms with Crippen molar-refractivity contribution in [1.82, 2.24) is 4.72 Å². The Kier molecular flexibility index (Phi) is 6.13. The van der Waals surface area contributed by atoms with E-state index < -0.39 is 16.0 Å². The number of methoxy groups -OCH3 is 1. The Morgan fingerprint density at radius 1 is 1.50 bits per heavy atom. The second-order valence-corrected chi connectivity index (χ2v) is 6.66. The zero-order valence-corrected chi connectivity index (χ0v) is 12.9. The molecule has 0 atom stereocenters. The van der Waals surface area contributed by atoms with Gasteiger partial charge >= 0.3 is 5.97 Å². The number of carbonyl (C=O) groups is 1. The molecule has 0 saturated carbocycles. The number of hydrogen-bond donors (Lipinski definition) is 1. The third kappa shape index (κ3) is 4.03. The van der Waals surface area contributed by atoms with Crippen molar-refractivity contribution in [1.29, 1.82) is 5.26 Å². The Hall–Kier alpha value is -1.43. The number of ether oxygens (including phenoxy) is 1. The van der Waals surface area contributed by atoms with Crippen LogP contribution in [0.2, 0.25) is 0 Å². The Morgan fingerprint density at radius 2 is 2.20 bits per heavy atom. The number of aryl methyl sites for hydroxylation is 1. The van der Waals surface area contributed by atoms with E-state index in [1.165, 1.54) is 7.11 Å². The van der Waals surface area contributed by atoms with Gasteiger partial charge < -0.3 is 4.74 Å². The Morgan fingerprint density at radius 3 is 2.80 bits per heavy atom. The summed E-state index contributed by atoms with van der Waals surface area (Å²) in [6, 6.07) is 2.00. The van der Waals surface area contributed by atoms with Crippen LogP contribution < -0.4 is 4.72 Å². The molecule has 8 heteroatoms. The van der Waals surface area contributed by atoms with Gasteiger partial charge in [-0.05, 0) is 30.7 Å². The van der Waals surface area contributed by atoms with Crippen molar-refractivity contribution < 1.29 is 17.9 Å². The Bertz CT molecular complexity index is 614. The lowest BCUT2D eigenvalue weighted by atomic mass is 10.2. The lowest BCUT2D eigenvalue weighted by molar-refractivity contribution is 0.0602. The lowest BCUT2D eigenvalue weighted by Crippen LogP contribution is -2.26. The van der Waals surface area contributed by atoms with E-state index in [-0.39, 0.29) is 16.3 Å². The highest BCUT2D eigenvalue weighted by atomic mass is 32.2. The normalized spacial score (nSPS) is 11.1. The molecule has 0 radical (unpaired) electrons. The summed E-state index contributed by atoms with van der Waals surface area (Å²) in [6.07, 6.45) is 1.60.